The van der Waals surface area contributed by atoms with Crippen molar-refractivity contribution >= 4 is 0 Å². The first-order valence-electron chi connectivity index (χ1n) is 17.1. The Morgan fingerprint density at radius 3 is 2.55 bits per heavy atom. The molecule has 3 nitrogen and oxygen atoms in total. The van der Waals surface area contributed by atoms with Crippen LogP contribution in [0.2, 0.25) is 0 Å². The lowest BCUT2D eigenvalue weighted by molar-refractivity contribution is -0.907. The smallest absolute Gasteiger partial charge is 0.172 e. The Bertz CT molecular complexity index is 862. The van der Waals surface area contributed by atoms with Crippen LogP contribution in [0.1, 0.15) is 125 Å². The fourth-order valence-electron chi connectivity index (χ4n) is 11.1. The highest BCUT2D eigenvalue weighted by atomic mass is 16.7. The first-order chi connectivity index (χ1) is 18.2. The van der Waals surface area contributed by atoms with Crippen LogP contribution in [-0.2, 0) is 9.47 Å². The number of quaternary nitrogens is 1. The first kappa shape index (κ1) is 27.8. The van der Waals surface area contributed by atoms with Crippen molar-refractivity contribution < 1.29 is 14.4 Å². The Labute approximate surface area is 234 Å². The molecular formula is C35H60NO2+. The predicted molar refractivity (Wildman–Crippen MR) is 156 cm³/mol. The van der Waals surface area contributed by atoms with Crippen molar-refractivity contribution in [3.8, 4) is 0 Å². The molecule has 216 valence electrons. The van der Waals surface area contributed by atoms with E-state index in [-0.39, 0.29) is 5.79 Å². The van der Waals surface area contributed by atoms with Crippen LogP contribution in [0.3, 0.4) is 0 Å². The van der Waals surface area contributed by atoms with Gasteiger partial charge in [0.2, 0.25) is 0 Å². The minimum atomic E-state index is -0.314. The monoisotopic (exact) mass is 526 g/mol. The minimum Gasteiger partial charge on any atom is -0.347 e. The van der Waals surface area contributed by atoms with Gasteiger partial charge in [-0.25, -0.2) is 0 Å². The molecule has 1 N–H and O–H groups in total. The van der Waals surface area contributed by atoms with Crippen molar-refractivity contribution in [2.45, 2.75) is 136 Å². The van der Waals surface area contributed by atoms with Gasteiger partial charge < -0.3 is 14.4 Å². The van der Waals surface area contributed by atoms with Crippen LogP contribution in [-0.4, -0.2) is 38.1 Å². The molecule has 3 heteroatoms. The molecular weight excluding hydrogens is 466 g/mol. The summed E-state index contributed by atoms with van der Waals surface area (Å²) in [6, 6.07) is 0. The summed E-state index contributed by atoms with van der Waals surface area (Å²) in [5.41, 5.74) is 2.66. The summed E-state index contributed by atoms with van der Waals surface area (Å²) in [5.74, 6) is 5.12. The molecule has 3 saturated carbocycles. The van der Waals surface area contributed by atoms with E-state index in [1.165, 1.54) is 90.1 Å². The number of nitrogens with one attached hydrogen (secondary N) is 1. The second-order valence-corrected chi connectivity index (χ2v) is 15.9. The summed E-state index contributed by atoms with van der Waals surface area (Å²) in [6.45, 7) is 17.4. The zero-order chi connectivity index (χ0) is 26.5. The molecule has 4 aliphatic carbocycles. The molecule has 1 spiro atoms. The van der Waals surface area contributed by atoms with Gasteiger partial charge in [-0.3, -0.25) is 0 Å². The molecule has 0 aromatic rings. The summed E-state index contributed by atoms with van der Waals surface area (Å²) >= 11 is 0. The van der Waals surface area contributed by atoms with Gasteiger partial charge in [-0.1, -0.05) is 65.5 Å². The van der Waals surface area contributed by atoms with Crippen LogP contribution in [0.15, 0.2) is 11.6 Å². The number of likely N-dealkylation sites (tertiary alicyclic amines) is 1. The SMILES string of the molecule is CC(C)CCC[C@@H](C)[C@H]1CC[C@H]2[C@@H]3CC=C4CC5(CC[C@]4(C)[C@H]3CC[C@]12C)OCC(C[NH+]1CCCCC1)O5. The zero-order valence-electron chi connectivity index (χ0n) is 25.7. The Hall–Kier alpha value is -0.380. The Morgan fingerprint density at radius 1 is 0.947 bits per heavy atom. The summed E-state index contributed by atoms with van der Waals surface area (Å²) in [7, 11) is 0. The molecule has 2 aliphatic heterocycles. The first-order valence-corrected chi connectivity index (χ1v) is 17.1. The third-order valence-corrected chi connectivity index (χ3v) is 13.3. The second-order valence-electron chi connectivity index (χ2n) is 15.9. The molecule has 2 unspecified atom stereocenters. The molecule has 5 fully saturated rings. The van der Waals surface area contributed by atoms with E-state index in [4.69, 9.17) is 9.47 Å². The summed E-state index contributed by atoms with van der Waals surface area (Å²) in [6.07, 6.45) is 22.1. The van der Waals surface area contributed by atoms with Crippen molar-refractivity contribution in [3.05, 3.63) is 11.6 Å². The van der Waals surface area contributed by atoms with Gasteiger partial charge in [0.1, 0.15) is 12.6 Å². The van der Waals surface area contributed by atoms with Crippen LogP contribution < -0.4 is 4.90 Å². The number of rotatable bonds is 7. The van der Waals surface area contributed by atoms with Gasteiger partial charge in [0, 0.05) is 12.8 Å². The van der Waals surface area contributed by atoms with Crippen molar-refractivity contribution in [3.63, 3.8) is 0 Å². The van der Waals surface area contributed by atoms with Gasteiger partial charge in [0.05, 0.1) is 19.7 Å². The van der Waals surface area contributed by atoms with E-state index in [0.29, 0.717) is 16.9 Å². The molecule has 0 amide bonds. The molecule has 0 aromatic heterocycles. The molecule has 0 radical (unpaired) electrons. The lowest BCUT2D eigenvalue weighted by atomic mass is 9.46. The summed E-state index contributed by atoms with van der Waals surface area (Å²) in [4.78, 5) is 1.75. The van der Waals surface area contributed by atoms with Crippen LogP contribution in [0.4, 0.5) is 0 Å². The Balaban J connectivity index is 1.11. The van der Waals surface area contributed by atoms with Gasteiger partial charge in [-0.05, 0) is 104 Å². The van der Waals surface area contributed by atoms with E-state index < -0.39 is 0 Å². The second kappa shape index (κ2) is 10.8. The topological polar surface area (TPSA) is 22.9 Å². The molecule has 6 rings (SSSR count). The number of piperidine rings is 1. The normalized spacial score (nSPS) is 46.1. The molecule has 6 aliphatic rings. The van der Waals surface area contributed by atoms with E-state index in [0.717, 1.165) is 61.5 Å². The van der Waals surface area contributed by atoms with E-state index in [1.807, 2.05) is 0 Å². The van der Waals surface area contributed by atoms with Crippen molar-refractivity contribution in [1.82, 2.24) is 0 Å². The molecule has 38 heavy (non-hydrogen) atoms. The number of hydrogen-bond acceptors (Lipinski definition) is 2. The summed E-state index contributed by atoms with van der Waals surface area (Å²) < 4.78 is 13.4. The highest BCUT2D eigenvalue weighted by Gasteiger charge is 2.61. The largest absolute Gasteiger partial charge is 0.347 e. The fourth-order valence-corrected chi connectivity index (χ4v) is 11.1. The fraction of sp³-hybridized carbons (Fsp3) is 0.943. The van der Waals surface area contributed by atoms with Crippen molar-refractivity contribution in [2.75, 3.05) is 26.2 Å². The van der Waals surface area contributed by atoms with E-state index in [9.17, 15) is 0 Å². The number of fused-ring (bicyclic) bond motifs is 5. The van der Waals surface area contributed by atoms with Crippen LogP contribution in [0, 0.1) is 46.3 Å². The average molecular weight is 527 g/mol. The lowest BCUT2D eigenvalue weighted by Crippen LogP contribution is -3.13. The van der Waals surface area contributed by atoms with E-state index in [1.54, 1.807) is 10.5 Å². The zero-order valence-corrected chi connectivity index (χ0v) is 25.7. The Kier molecular flexibility index (Phi) is 7.89. The van der Waals surface area contributed by atoms with Crippen LogP contribution in [0.25, 0.3) is 0 Å². The average Bonchev–Trinajstić information content (AvgIpc) is 3.45. The third kappa shape index (κ3) is 4.98. The van der Waals surface area contributed by atoms with Crippen LogP contribution in [0.5, 0.6) is 0 Å². The highest BCUT2D eigenvalue weighted by Crippen LogP contribution is 2.68. The number of ether oxygens (including phenoxy) is 2. The van der Waals surface area contributed by atoms with Crippen molar-refractivity contribution in [2.24, 2.45) is 46.3 Å². The molecule has 9 atom stereocenters. The van der Waals surface area contributed by atoms with E-state index in [2.05, 4.69) is 40.7 Å². The summed E-state index contributed by atoms with van der Waals surface area (Å²) in [5, 5.41) is 0. The quantitative estimate of drug-likeness (QED) is 0.354. The van der Waals surface area contributed by atoms with Crippen molar-refractivity contribution in [1.29, 1.82) is 0 Å². The molecule has 2 heterocycles. The van der Waals surface area contributed by atoms with Crippen LogP contribution >= 0.6 is 0 Å². The van der Waals surface area contributed by atoms with Gasteiger partial charge in [-0.15, -0.1) is 0 Å². The maximum absolute atomic E-state index is 6.81. The van der Waals surface area contributed by atoms with E-state index >= 15 is 0 Å². The van der Waals surface area contributed by atoms with Gasteiger partial charge in [0.15, 0.2) is 5.79 Å². The van der Waals surface area contributed by atoms with Gasteiger partial charge in [-0.2, -0.15) is 0 Å². The maximum atomic E-state index is 6.81. The maximum Gasteiger partial charge on any atom is 0.172 e. The Morgan fingerprint density at radius 2 is 1.76 bits per heavy atom. The van der Waals surface area contributed by atoms with Gasteiger partial charge in [0.25, 0.3) is 0 Å². The predicted octanol–water partition coefficient (Wildman–Crippen LogP) is 7.21. The minimum absolute atomic E-state index is 0.303. The molecule has 0 aromatic carbocycles. The number of hydrogen-bond donors (Lipinski definition) is 1. The molecule has 0 bridgehead atoms. The standard InChI is InChI=1S/C35H59NO2/c1-25(2)10-9-11-26(3)30-14-15-31-29-13-12-27-22-35(19-18-33(27,4)32(29)16-17-34(30,31)5)37-24-28(38-35)23-36-20-7-6-8-21-36/h12,25-26,28-32H,6-11,13-24H2,1-5H3/p+1/t26-,28?,29+,30-,31+,32+,33+,34-,35?/m1/s1. The number of allylic oxidation sites excluding steroid dienone is 1. The highest BCUT2D eigenvalue weighted by molar-refractivity contribution is 5.26. The lowest BCUT2D eigenvalue weighted by Gasteiger charge is -2.59. The third-order valence-electron chi connectivity index (χ3n) is 13.3. The van der Waals surface area contributed by atoms with Gasteiger partial charge >= 0.3 is 0 Å². The molecule has 2 saturated heterocycles.